The minimum atomic E-state index is -3.82. The molecule has 0 bridgehead atoms. The Morgan fingerprint density at radius 2 is 1.69 bits per heavy atom. The van der Waals surface area contributed by atoms with Gasteiger partial charge in [-0.2, -0.15) is 0 Å². The average Bonchev–Trinajstić information content (AvgIpc) is 2.99. The third kappa shape index (κ3) is 5.29. The highest BCUT2D eigenvalue weighted by atomic mass is 32.2. The lowest BCUT2D eigenvalue weighted by Gasteiger charge is -2.21. The predicted octanol–water partition coefficient (Wildman–Crippen LogP) is 4.21. The van der Waals surface area contributed by atoms with E-state index in [1.807, 2.05) is 11.8 Å². The zero-order valence-corrected chi connectivity index (χ0v) is 17.8. The molecule has 1 saturated heterocycles. The van der Waals surface area contributed by atoms with Gasteiger partial charge in [0, 0.05) is 24.3 Å². The van der Waals surface area contributed by atoms with Gasteiger partial charge in [-0.3, -0.25) is 9.52 Å². The first kappa shape index (κ1) is 21.2. The van der Waals surface area contributed by atoms with Crippen LogP contribution in [0.5, 0.6) is 5.75 Å². The molecular weight excluding hydrogens is 388 g/mol. The Bertz CT molecular complexity index is 947. The number of ether oxygens (including phenoxy) is 1. The zero-order valence-electron chi connectivity index (χ0n) is 17.0. The van der Waals surface area contributed by atoms with E-state index < -0.39 is 10.0 Å². The zero-order chi connectivity index (χ0) is 20.9. The molecule has 1 amide bonds. The summed E-state index contributed by atoms with van der Waals surface area (Å²) in [7, 11) is -3.82. The van der Waals surface area contributed by atoms with E-state index in [9.17, 15) is 13.2 Å². The minimum absolute atomic E-state index is 0.107. The van der Waals surface area contributed by atoms with Gasteiger partial charge in [0.25, 0.3) is 15.9 Å². The van der Waals surface area contributed by atoms with Crippen LogP contribution in [0.2, 0.25) is 0 Å². The molecule has 29 heavy (non-hydrogen) atoms. The van der Waals surface area contributed by atoms with Gasteiger partial charge >= 0.3 is 0 Å². The highest BCUT2D eigenvalue weighted by Gasteiger charge is 2.22. The molecule has 2 aromatic rings. The number of likely N-dealkylation sites (tertiary alicyclic amines) is 1. The molecule has 1 fully saturated rings. The molecule has 0 saturated carbocycles. The van der Waals surface area contributed by atoms with E-state index in [0.717, 1.165) is 38.8 Å². The Kier molecular flexibility index (Phi) is 6.79. The van der Waals surface area contributed by atoms with Crippen molar-refractivity contribution in [3.8, 4) is 5.75 Å². The maximum atomic E-state index is 13.0. The van der Waals surface area contributed by atoms with Crippen LogP contribution in [0.3, 0.4) is 0 Å². The van der Waals surface area contributed by atoms with Crippen LogP contribution in [0, 0.1) is 6.92 Å². The van der Waals surface area contributed by atoms with Crippen molar-refractivity contribution >= 4 is 21.6 Å². The van der Waals surface area contributed by atoms with Gasteiger partial charge in [-0.1, -0.05) is 18.9 Å². The number of amides is 1. The Hall–Kier alpha value is -2.54. The normalized spacial score (nSPS) is 14.9. The quantitative estimate of drug-likeness (QED) is 0.765. The number of nitrogens with one attached hydrogen (secondary N) is 1. The minimum Gasteiger partial charge on any atom is -0.494 e. The number of hydrogen-bond acceptors (Lipinski definition) is 4. The van der Waals surface area contributed by atoms with Crippen molar-refractivity contribution in [2.45, 2.75) is 44.4 Å². The molecule has 1 aliphatic rings. The lowest BCUT2D eigenvalue weighted by atomic mass is 10.1. The standard InChI is InChI=1S/C22H28N2O4S/c1-3-28-20-12-10-19(11-13-20)23-29(26,27)21-16-18(9-8-17(21)2)22(25)24-14-6-4-5-7-15-24/h8-13,16,23H,3-7,14-15H2,1-2H3. The maximum absolute atomic E-state index is 13.0. The summed E-state index contributed by atoms with van der Waals surface area (Å²) in [4.78, 5) is 14.8. The molecule has 2 aromatic carbocycles. The second-order valence-corrected chi connectivity index (χ2v) is 8.90. The molecule has 0 spiro atoms. The van der Waals surface area contributed by atoms with E-state index in [0.29, 0.717) is 29.2 Å². The fourth-order valence-corrected chi connectivity index (χ4v) is 4.81. The van der Waals surface area contributed by atoms with Crippen molar-refractivity contribution in [3.63, 3.8) is 0 Å². The molecule has 0 aliphatic carbocycles. The van der Waals surface area contributed by atoms with E-state index >= 15 is 0 Å². The molecule has 0 unspecified atom stereocenters. The maximum Gasteiger partial charge on any atom is 0.262 e. The molecule has 6 nitrogen and oxygen atoms in total. The molecule has 1 aliphatic heterocycles. The average molecular weight is 417 g/mol. The first-order valence-electron chi connectivity index (χ1n) is 10.1. The highest BCUT2D eigenvalue weighted by molar-refractivity contribution is 7.92. The number of anilines is 1. The molecule has 156 valence electrons. The van der Waals surface area contributed by atoms with E-state index in [2.05, 4.69) is 4.72 Å². The predicted molar refractivity (Wildman–Crippen MR) is 114 cm³/mol. The van der Waals surface area contributed by atoms with E-state index in [4.69, 9.17) is 4.74 Å². The fraction of sp³-hybridized carbons (Fsp3) is 0.409. The lowest BCUT2D eigenvalue weighted by molar-refractivity contribution is 0.0761. The second-order valence-electron chi connectivity index (χ2n) is 7.25. The van der Waals surface area contributed by atoms with Gasteiger partial charge < -0.3 is 9.64 Å². The fourth-order valence-electron chi connectivity index (χ4n) is 3.47. The smallest absolute Gasteiger partial charge is 0.262 e. The Morgan fingerprint density at radius 3 is 2.31 bits per heavy atom. The van der Waals surface area contributed by atoms with Gasteiger partial charge in [0.1, 0.15) is 5.75 Å². The third-order valence-corrected chi connectivity index (χ3v) is 6.56. The van der Waals surface area contributed by atoms with Crippen molar-refractivity contribution in [2.24, 2.45) is 0 Å². The van der Waals surface area contributed by atoms with Crippen molar-refractivity contribution in [1.29, 1.82) is 0 Å². The van der Waals surface area contributed by atoms with Gasteiger partial charge in [-0.25, -0.2) is 8.42 Å². The van der Waals surface area contributed by atoms with Crippen LogP contribution in [0.4, 0.5) is 5.69 Å². The van der Waals surface area contributed by atoms with Crippen LogP contribution < -0.4 is 9.46 Å². The number of carbonyl (C=O) groups excluding carboxylic acids is 1. The van der Waals surface area contributed by atoms with Crippen LogP contribution in [-0.2, 0) is 10.0 Å². The summed E-state index contributed by atoms with van der Waals surface area (Å²) in [6, 6.07) is 11.6. The number of carbonyl (C=O) groups is 1. The highest BCUT2D eigenvalue weighted by Crippen LogP contribution is 2.24. The Balaban J connectivity index is 1.83. The van der Waals surface area contributed by atoms with Crippen LogP contribution in [-0.4, -0.2) is 38.9 Å². The number of hydrogen-bond donors (Lipinski definition) is 1. The monoisotopic (exact) mass is 416 g/mol. The Labute approximate surface area is 172 Å². The number of nitrogens with zero attached hydrogens (tertiary/aromatic N) is 1. The van der Waals surface area contributed by atoms with Crippen molar-refractivity contribution in [3.05, 3.63) is 53.6 Å². The first-order valence-corrected chi connectivity index (χ1v) is 11.5. The van der Waals surface area contributed by atoms with Crippen LogP contribution >= 0.6 is 0 Å². The summed E-state index contributed by atoms with van der Waals surface area (Å²) in [6.45, 7) is 5.60. The largest absolute Gasteiger partial charge is 0.494 e. The summed E-state index contributed by atoms with van der Waals surface area (Å²) in [6.07, 6.45) is 4.23. The number of aryl methyl sites for hydroxylation is 1. The number of rotatable bonds is 6. The molecule has 0 radical (unpaired) electrons. The summed E-state index contributed by atoms with van der Waals surface area (Å²) >= 11 is 0. The topological polar surface area (TPSA) is 75.7 Å². The lowest BCUT2D eigenvalue weighted by Crippen LogP contribution is -2.32. The molecule has 7 heteroatoms. The van der Waals surface area contributed by atoms with E-state index in [1.54, 1.807) is 43.3 Å². The van der Waals surface area contributed by atoms with Crippen LogP contribution in [0.1, 0.15) is 48.5 Å². The number of benzene rings is 2. The molecule has 0 aromatic heterocycles. The first-order chi connectivity index (χ1) is 13.9. The van der Waals surface area contributed by atoms with Crippen LogP contribution in [0.25, 0.3) is 0 Å². The summed E-state index contributed by atoms with van der Waals surface area (Å²) in [5.41, 5.74) is 1.44. The van der Waals surface area contributed by atoms with Gasteiger partial charge in [-0.05, 0) is 68.7 Å². The summed E-state index contributed by atoms with van der Waals surface area (Å²) < 4.78 is 33.9. The summed E-state index contributed by atoms with van der Waals surface area (Å²) in [5.74, 6) is 0.570. The molecular formula is C22H28N2O4S. The Morgan fingerprint density at radius 1 is 1.03 bits per heavy atom. The van der Waals surface area contributed by atoms with Gasteiger partial charge in [0.05, 0.1) is 11.5 Å². The van der Waals surface area contributed by atoms with E-state index in [1.165, 1.54) is 6.07 Å². The molecule has 0 atom stereocenters. The second kappa shape index (κ2) is 9.31. The van der Waals surface area contributed by atoms with Gasteiger partial charge in [0.2, 0.25) is 0 Å². The molecule has 1 heterocycles. The SMILES string of the molecule is CCOc1ccc(NS(=O)(=O)c2cc(C(=O)N3CCCCCC3)ccc2C)cc1. The third-order valence-electron chi connectivity index (χ3n) is 5.04. The summed E-state index contributed by atoms with van der Waals surface area (Å²) in [5, 5.41) is 0. The molecule has 1 N–H and O–H groups in total. The van der Waals surface area contributed by atoms with Crippen molar-refractivity contribution in [1.82, 2.24) is 4.90 Å². The van der Waals surface area contributed by atoms with Crippen LogP contribution in [0.15, 0.2) is 47.4 Å². The van der Waals surface area contributed by atoms with Gasteiger partial charge in [0.15, 0.2) is 0 Å². The van der Waals surface area contributed by atoms with Crippen molar-refractivity contribution < 1.29 is 17.9 Å². The molecule has 3 rings (SSSR count). The van der Waals surface area contributed by atoms with E-state index in [-0.39, 0.29) is 10.8 Å². The number of sulfonamides is 1. The van der Waals surface area contributed by atoms with Gasteiger partial charge in [-0.15, -0.1) is 0 Å². The van der Waals surface area contributed by atoms with Crippen molar-refractivity contribution in [2.75, 3.05) is 24.4 Å².